The van der Waals surface area contributed by atoms with Crippen molar-refractivity contribution in [1.29, 1.82) is 0 Å². The minimum atomic E-state index is -0.306. The molecule has 130 valence electrons. The molecular formula is C20H21BrN2O2. The summed E-state index contributed by atoms with van der Waals surface area (Å²) in [5.41, 5.74) is 3.95. The highest BCUT2D eigenvalue weighted by atomic mass is 79.9. The van der Waals surface area contributed by atoms with Gasteiger partial charge < -0.3 is 10.2 Å². The normalized spacial score (nSPS) is 17.0. The second kappa shape index (κ2) is 7.40. The number of benzene rings is 2. The summed E-state index contributed by atoms with van der Waals surface area (Å²) in [6.07, 6.45) is 0.271. The Bertz CT molecular complexity index is 805. The van der Waals surface area contributed by atoms with Gasteiger partial charge in [0.2, 0.25) is 11.8 Å². The average Bonchev–Trinajstić information content (AvgIpc) is 2.94. The van der Waals surface area contributed by atoms with Gasteiger partial charge in [0.15, 0.2) is 0 Å². The van der Waals surface area contributed by atoms with Gasteiger partial charge in [-0.2, -0.15) is 0 Å². The van der Waals surface area contributed by atoms with Crippen LogP contribution in [0.5, 0.6) is 0 Å². The molecule has 0 aromatic heterocycles. The van der Waals surface area contributed by atoms with Crippen LogP contribution in [0, 0.1) is 19.8 Å². The standard InChI is InChI=1S/C20H21BrN2O2/c1-13-9-18(14(2)8-17(13)21)22-20(25)16-10-19(24)23(12-16)11-15-6-4-3-5-7-15/h3-9,16H,10-12H2,1-2H3,(H,22,25)/t16-/m1/s1. The quantitative estimate of drug-likeness (QED) is 0.841. The van der Waals surface area contributed by atoms with Crippen molar-refractivity contribution in [3.05, 3.63) is 63.6 Å². The van der Waals surface area contributed by atoms with Crippen molar-refractivity contribution in [2.24, 2.45) is 5.92 Å². The molecule has 0 radical (unpaired) electrons. The minimum absolute atomic E-state index is 0.0349. The summed E-state index contributed by atoms with van der Waals surface area (Å²) < 4.78 is 1.02. The van der Waals surface area contributed by atoms with Crippen molar-refractivity contribution < 1.29 is 9.59 Å². The number of nitrogens with one attached hydrogen (secondary N) is 1. The van der Waals surface area contributed by atoms with Crippen molar-refractivity contribution in [1.82, 2.24) is 4.90 Å². The first-order chi connectivity index (χ1) is 11.9. The Kier molecular flexibility index (Phi) is 5.23. The maximum atomic E-state index is 12.6. The number of carbonyl (C=O) groups excluding carboxylic acids is 2. The Morgan fingerprint density at radius 3 is 2.64 bits per heavy atom. The van der Waals surface area contributed by atoms with Gasteiger partial charge in [-0.3, -0.25) is 9.59 Å². The van der Waals surface area contributed by atoms with Crippen LogP contribution in [0.3, 0.4) is 0 Å². The molecule has 1 aliphatic heterocycles. The van der Waals surface area contributed by atoms with Gasteiger partial charge in [-0.1, -0.05) is 46.3 Å². The van der Waals surface area contributed by atoms with Crippen molar-refractivity contribution in [3.8, 4) is 0 Å². The maximum Gasteiger partial charge on any atom is 0.229 e. The van der Waals surface area contributed by atoms with Crippen molar-refractivity contribution >= 4 is 33.4 Å². The lowest BCUT2D eigenvalue weighted by molar-refractivity contribution is -0.128. The van der Waals surface area contributed by atoms with E-state index in [1.165, 1.54) is 0 Å². The van der Waals surface area contributed by atoms with Gasteiger partial charge in [0.25, 0.3) is 0 Å². The summed E-state index contributed by atoms with van der Waals surface area (Å²) >= 11 is 3.50. The van der Waals surface area contributed by atoms with Gasteiger partial charge >= 0.3 is 0 Å². The molecule has 4 nitrogen and oxygen atoms in total. The number of likely N-dealkylation sites (tertiary alicyclic amines) is 1. The topological polar surface area (TPSA) is 49.4 Å². The summed E-state index contributed by atoms with van der Waals surface area (Å²) in [7, 11) is 0. The smallest absolute Gasteiger partial charge is 0.229 e. The zero-order valence-electron chi connectivity index (χ0n) is 14.4. The lowest BCUT2D eigenvalue weighted by Crippen LogP contribution is -2.28. The summed E-state index contributed by atoms with van der Waals surface area (Å²) in [5, 5.41) is 2.99. The summed E-state index contributed by atoms with van der Waals surface area (Å²) in [6, 6.07) is 13.8. The van der Waals surface area contributed by atoms with Gasteiger partial charge in [-0.25, -0.2) is 0 Å². The van der Waals surface area contributed by atoms with Crippen LogP contribution in [0.4, 0.5) is 5.69 Å². The van der Waals surface area contributed by atoms with E-state index in [1.807, 2.05) is 56.3 Å². The molecular weight excluding hydrogens is 380 g/mol. The number of halogens is 1. The molecule has 1 aliphatic rings. The molecule has 1 N–H and O–H groups in total. The molecule has 5 heteroatoms. The molecule has 25 heavy (non-hydrogen) atoms. The predicted molar refractivity (Wildman–Crippen MR) is 102 cm³/mol. The summed E-state index contributed by atoms with van der Waals surface area (Å²) in [4.78, 5) is 26.6. The molecule has 3 rings (SSSR count). The van der Waals surface area contributed by atoms with Crippen LogP contribution in [-0.4, -0.2) is 23.3 Å². The number of hydrogen-bond acceptors (Lipinski definition) is 2. The van der Waals surface area contributed by atoms with E-state index in [9.17, 15) is 9.59 Å². The van der Waals surface area contributed by atoms with E-state index in [1.54, 1.807) is 4.90 Å². The molecule has 1 saturated heterocycles. The SMILES string of the molecule is Cc1cc(NC(=O)[C@@H]2CC(=O)N(Cc3ccccc3)C2)c(C)cc1Br. The molecule has 0 aliphatic carbocycles. The minimum Gasteiger partial charge on any atom is -0.338 e. The number of carbonyl (C=O) groups is 2. The fourth-order valence-corrected chi connectivity index (χ4v) is 3.51. The second-order valence-corrected chi connectivity index (χ2v) is 7.42. The third-order valence-corrected chi connectivity index (χ3v) is 5.42. The molecule has 2 aromatic rings. The van der Waals surface area contributed by atoms with Gasteiger partial charge in [-0.05, 0) is 42.7 Å². The van der Waals surface area contributed by atoms with E-state index >= 15 is 0 Å². The van der Waals surface area contributed by atoms with Gasteiger partial charge in [-0.15, -0.1) is 0 Å². The lowest BCUT2D eigenvalue weighted by Gasteiger charge is -2.17. The largest absolute Gasteiger partial charge is 0.338 e. The van der Waals surface area contributed by atoms with Crippen LogP contribution in [0.15, 0.2) is 46.9 Å². The van der Waals surface area contributed by atoms with Crippen molar-refractivity contribution in [2.75, 3.05) is 11.9 Å². The molecule has 1 fully saturated rings. The van der Waals surface area contributed by atoms with Crippen LogP contribution in [0.1, 0.15) is 23.1 Å². The molecule has 1 atom stereocenters. The lowest BCUT2D eigenvalue weighted by atomic mass is 10.1. The Labute approximate surface area is 156 Å². The van der Waals surface area contributed by atoms with Gasteiger partial charge in [0, 0.05) is 29.7 Å². The molecule has 2 amide bonds. The van der Waals surface area contributed by atoms with Crippen LogP contribution in [0.2, 0.25) is 0 Å². The Balaban J connectivity index is 1.66. The van der Waals surface area contributed by atoms with Crippen LogP contribution in [0.25, 0.3) is 0 Å². The number of anilines is 1. The first kappa shape index (κ1) is 17.7. The Hall–Kier alpha value is -2.14. The van der Waals surface area contributed by atoms with E-state index in [0.717, 1.165) is 26.9 Å². The second-order valence-electron chi connectivity index (χ2n) is 6.57. The highest BCUT2D eigenvalue weighted by Gasteiger charge is 2.34. The molecule has 0 bridgehead atoms. The highest BCUT2D eigenvalue weighted by Crippen LogP contribution is 2.27. The number of rotatable bonds is 4. The summed E-state index contributed by atoms with van der Waals surface area (Å²) in [5.74, 6) is -0.360. The van der Waals surface area contributed by atoms with E-state index in [4.69, 9.17) is 0 Å². The number of hydrogen-bond donors (Lipinski definition) is 1. The van der Waals surface area contributed by atoms with E-state index in [2.05, 4.69) is 21.2 Å². The Morgan fingerprint density at radius 2 is 1.92 bits per heavy atom. The fourth-order valence-electron chi connectivity index (χ4n) is 3.05. The molecule has 0 spiro atoms. The summed E-state index contributed by atoms with van der Waals surface area (Å²) in [6.45, 7) is 4.97. The van der Waals surface area contributed by atoms with Crippen molar-refractivity contribution in [3.63, 3.8) is 0 Å². The average molecular weight is 401 g/mol. The maximum absolute atomic E-state index is 12.6. The Morgan fingerprint density at radius 1 is 1.20 bits per heavy atom. The van der Waals surface area contributed by atoms with E-state index < -0.39 is 0 Å². The highest BCUT2D eigenvalue weighted by molar-refractivity contribution is 9.10. The third-order valence-electron chi connectivity index (χ3n) is 4.57. The number of amides is 2. The molecule has 2 aromatic carbocycles. The molecule has 0 unspecified atom stereocenters. The van der Waals surface area contributed by atoms with Gasteiger partial charge in [0.1, 0.15) is 0 Å². The van der Waals surface area contributed by atoms with Crippen LogP contribution in [-0.2, 0) is 16.1 Å². The fraction of sp³-hybridized carbons (Fsp3) is 0.300. The van der Waals surface area contributed by atoms with E-state index in [-0.39, 0.29) is 24.2 Å². The molecule has 1 heterocycles. The third kappa shape index (κ3) is 4.10. The zero-order chi connectivity index (χ0) is 18.0. The van der Waals surface area contributed by atoms with Crippen LogP contribution >= 0.6 is 15.9 Å². The predicted octanol–water partition coefficient (Wildman–Crippen LogP) is 4.05. The van der Waals surface area contributed by atoms with Crippen molar-refractivity contribution in [2.45, 2.75) is 26.8 Å². The number of aryl methyl sites for hydroxylation is 2. The first-order valence-corrected chi connectivity index (χ1v) is 9.12. The van der Waals surface area contributed by atoms with Gasteiger partial charge in [0.05, 0.1) is 5.92 Å². The van der Waals surface area contributed by atoms with E-state index in [0.29, 0.717) is 13.1 Å². The molecule has 0 saturated carbocycles. The first-order valence-electron chi connectivity index (χ1n) is 8.33. The van der Waals surface area contributed by atoms with Crippen LogP contribution < -0.4 is 5.32 Å². The zero-order valence-corrected chi connectivity index (χ0v) is 16.0. The monoisotopic (exact) mass is 400 g/mol. The number of nitrogens with zero attached hydrogens (tertiary/aromatic N) is 1.